The Hall–Kier alpha value is -1.21. The van der Waals surface area contributed by atoms with Crippen molar-refractivity contribution in [2.45, 2.75) is 37.8 Å². The van der Waals surface area contributed by atoms with Gasteiger partial charge in [-0.05, 0) is 19.9 Å². The van der Waals surface area contributed by atoms with E-state index in [0.29, 0.717) is 12.8 Å². The maximum absolute atomic E-state index is 13.6. The maximum Gasteiger partial charge on any atom is 0.200 e. The van der Waals surface area contributed by atoms with Crippen LogP contribution in [0.2, 0.25) is 0 Å². The van der Waals surface area contributed by atoms with Crippen LogP contribution in [0.1, 0.15) is 31.2 Å². The Morgan fingerprint density at radius 2 is 1.33 bits per heavy atom. The summed E-state index contributed by atoms with van der Waals surface area (Å²) in [7, 11) is 1.47. The van der Waals surface area contributed by atoms with Gasteiger partial charge in [0.05, 0.1) is 5.60 Å². The van der Waals surface area contributed by atoms with Crippen molar-refractivity contribution in [2.75, 3.05) is 13.6 Å². The molecule has 118 valence electrons. The van der Waals surface area contributed by atoms with Gasteiger partial charge in [0.2, 0.25) is 5.82 Å². The molecule has 1 N–H and O–H groups in total. The molecule has 0 unspecified atom stereocenters. The Bertz CT molecular complexity index is 514. The van der Waals surface area contributed by atoms with E-state index in [4.69, 9.17) is 0 Å². The van der Waals surface area contributed by atoms with E-state index in [1.807, 2.05) is 0 Å². The third-order valence-corrected chi connectivity index (χ3v) is 3.83. The van der Waals surface area contributed by atoms with Crippen molar-refractivity contribution in [3.05, 3.63) is 34.6 Å². The quantitative estimate of drug-likeness (QED) is 0.525. The van der Waals surface area contributed by atoms with Gasteiger partial charge in [0.25, 0.3) is 0 Å². The van der Waals surface area contributed by atoms with Crippen molar-refractivity contribution in [1.29, 1.82) is 0 Å². The van der Waals surface area contributed by atoms with Gasteiger partial charge in [0, 0.05) is 18.7 Å². The minimum atomic E-state index is -2.16. The van der Waals surface area contributed by atoms with E-state index in [-0.39, 0.29) is 6.54 Å². The van der Waals surface area contributed by atoms with Crippen LogP contribution < -0.4 is 0 Å². The number of nitrogens with zero attached hydrogens (tertiary/aromatic N) is 1. The lowest BCUT2D eigenvalue weighted by Crippen LogP contribution is -2.39. The van der Waals surface area contributed by atoms with Gasteiger partial charge in [-0.25, -0.2) is 22.0 Å². The second kappa shape index (κ2) is 5.88. The van der Waals surface area contributed by atoms with Crippen molar-refractivity contribution in [2.24, 2.45) is 0 Å². The number of rotatable bonds is 4. The van der Waals surface area contributed by atoms with Crippen LogP contribution in [0.4, 0.5) is 22.0 Å². The van der Waals surface area contributed by atoms with Gasteiger partial charge >= 0.3 is 0 Å². The lowest BCUT2D eigenvalue weighted by molar-refractivity contribution is 0.0139. The molecule has 2 nitrogen and oxygen atoms in total. The SMILES string of the molecule is CN(Cc1c(F)c(F)c(F)c(F)c1F)CC1(O)CCCC1. The third-order valence-electron chi connectivity index (χ3n) is 3.83. The molecule has 0 aromatic heterocycles. The van der Waals surface area contributed by atoms with Crippen LogP contribution in [-0.4, -0.2) is 29.2 Å². The Balaban J connectivity index is 2.19. The molecule has 21 heavy (non-hydrogen) atoms. The van der Waals surface area contributed by atoms with Crippen LogP contribution in [0, 0.1) is 29.1 Å². The first-order valence-corrected chi connectivity index (χ1v) is 6.66. The van der Waals surface area contributed by atoms with Crippen LogP contribution in [0.5, 0.6) is 0 Å². The van der Waals surface area contributed by atoms with Crippen LogP contribution in [0.25, 0.3) is 0 Å². The first-order valence-electron chi connectivity index (χ1n) is 6.66. The van der Waals surface area contributed by atoms with Crippen LogP contribution in [0.15, 0.2) is 0 Å². The molecule has 0 saturated heterocycles. The highest BCUT2D eigenvalue weighted by molar-refractivity contribution is 5.24. The topological polar surface area (TPSA) is 23.5 Å². The molecule has 2 rings (SSSR count). The van der Waals surface area contributed by atoms with Gasteiger partial charge in [-0.3, -0.25) is 4.90 Å². The molecular weight excluding hydrogens is 293 g/mol. The Kier molecular flexibility index (Phi) is 4.53. The summed E-state index contributed by atoms with van der Waals surface area (Å²) in [6.07, 6.45) is 2.84. The molecule has 1 aliphatic carbocycles. The van der Waals surface area contributed by atoms with Crippen LogP contribution >= 0.6 is 0 Å². The summed E-state index contributed by atoms with van der Waals surface area (Å²) in [4.78, 5) is 1.36. The van der Waals surface area contributed by atoms with Crippen molar-refractivity contribution in [3.63, 3.8) is 0 Å². The first kappa shape index (κ1) is 16.2. The standard InChI is InChI=1S/C14H16F5NO/c1-20(7-14(21)4-2-3-5-14)6-8-9(15)11(17)13(19)12(18)10(8)16/h21H,2-7H2,1H3. The van der Waals surface area contributed by atoms with E-state index >= 15 is 0 Å². The van der Waals surface area contributed by atoms with E-state index in [2.05, 4.69) is 0 Å². The van der Waals surface area contributed by atoms with Crippen molar-refractivity contribution in [3.8, 4) is 0 Å². The summed E-state index contributed by atoms with van der Waals surface area (Å²) in [6.45, 7) is -0.347. The highest BCUT2D eigenvalue weighted by atomic mass is 19.2. The molecule has 0 bridgehead atoms. The normalized spacial score (nSPS) is 17.7. The fourth-order valence-electron chi connectivity index (χ4n) is 2.81. The molecule has 1 saturated carbocycles. The second-order valence-electron chi connectivity index (χ2n) is 5.65. The molecule has 0 amide bonds. The number of hydrogen-bond acceptors (Lipinski definition) is 2. The minimum Gasteiger partial charge on any atom is -0.389 e. The number of benzene rings is 1. The monoisotopic (exact) mass is 309 g/mol. The highest BCUT2D eigenvalue weighted by Gasteiger charge is 2.33. The Morgan fingerprint density at radius 1 is 0.905 bits per heavy atom. The lowest BCUT2D eigenvalue weighted by Gasteiger charge is -2.28. The fraction of sp³-hybridized carbons (Fsp3) is 0.571. The molecule has 0 radical (unpaired) electrons. The first-order chi connectivity index (χ1) is 9.75. The smallest absolute Gasteiger partial charge is 0.200 e. The molecule has 0 heterocycles. The van der Waals surface area contributed by atoms with Crippen LogP contribution in [0.3, 0.4) is 0 Å². The van der Waals surface area contributed by atoms with E-state index in [1.54, 1.807) is 0 Å². The second-order valence-corrected chi connectivity index (χ2v) is 5.65. The zero-order valence-electron chi connectivity index (χ0n) is 11.5. The van der Waals surface area contributed by atoms with Gasteiger partial charge in [0.1, 0.15) is 0 Å². The maximum atomic E-state index is 13.6. The minimum absolute atomic E-state index is 0.118. The predicted octanol–water partition coefficient (Wildman–Crippen LogP) is 3.12. The van der Waals surface area contributed by atoms with Crippen molar-refractivity contribution in [1.82, 2.24) is 4.90 Å². The summed E-state index contributed by atoms with van der Waals surface area (Å²) in [5.74, 6) is -9.70. The molecule has 7 heteroatoms. The number of halogens is 5. The van der Waals surface area contributed by atoms with E-state index < -0.39 is 46.8 Å². The zero-order chi connectivity index (χ0) is 15.8. The lowest BCUT2D eigenvalue weighted by atomic mass is 10.0. The average molecular weight is 309 g/mol. The van der Waals surface area contributed by atoms with Gasteiger partial charge in [-0.1, -0.05) is 12.8 Å². The van der Waals surface area contributed by atoms with Gasteiger partial charge in [0.15, 0.2) is 23.3 Å². The molecule has 1 aromatic carbocycles. The summed E-state index contributed by atoms with van der Waals surface area (Å²) in [5.41, 5.74) is -1.84. The molecular formula is C14H16F5NO. The van der Waals surface area contributed by atoms with Gasteiger partial charge in [-0.15, -0.1) is 0 Å². The number of aliphatic hydroxyl groups is 1. The predicted molar refractivity (Wildman–Crippen MR) is 66.0 cm³/mol. The Labute approximate surface area is 119 Å². The highest BCUT2D eigenvalue weighted by Crippen LogP contribution is 2.31. The van der Waals surface area contributed by atoms with E-state index in [9.17, 15) is 27.1 Å². The molecule has 1 fully saturated rings. The number of hydrogen-bond donors (Lipinski definition) is 1. The zero-order valence-corrected chi connectivity index (χ0v) is 11.5. The third kappa shape index (κ3) is 3.18. The molecule has 1 aromatic rings. The largest absolute Gasteiger partial charge is 0.389 e. The van der Waals surface area contributed by atoms with Crippen molar-refractivity contribution < 1.29 is 27.1 Å². The Morgan fingerprint density at radius 3 is 1.81 bits per heavy atom. The fourth-order valence-corrected chi connectivity index (χ4v) is 2.81. The summed E-state index contributed by atoms with van der Waals surface area (Å²) >= 11 is 0. The summed E-state index contributed by atoms with van der Waals surface area (Å²) < 4.78 is 66.3. The molecule has 0 aliphatic heterocycles. The number of likely N-dealkylation sites (N-methyl/N-ethyl adjacent to an activating group) is 1. The van der Waals surface area contributed by atoms with E-state index in [0.717, 1.165) is 12.8 Å². The van der Waals surface area contributed by atoms with Crippen molar-refractivity contribution >= 4 is 0 Å². The van der Waals surface area contributed by atoms with Crippen LogP contribution in [-0.2, 0) is 6.54 Å². The average Bonchev–Trinajstić information content (AvgIpc) is 2.85. The molecule has 0 atom stereocenters. The molecule has 1 aliphatic rings. The summed E-state index contributed by atoms with van der Waals surface area (Å²) in [5, 5.41) is 10.2. The van der Waals surface area contributed by atoms with Gasteiger partial charge in [-0.2, -0.15) is 0 Å². The van der Waals surface area contributed by atoms with Gasteiger partial charge < -0.3 is 5.11 Å². The summed E-state index contributed by atoms with van der Waals surface area (Å²) in [6, 6.07) is 0. The molecule has 0 spiro atoms. The van der Waals surface area contributed by atoms with E-state index in [1.165, 1.54) is 11.9 Å².